The molecule has 0 bridgehead atoms. The van der Waals surface area contributed by atoms with Crippen LogP contribution in [-0.2, 0) is 18.9 Å². The molecule has 3 heterocycles. The summed E-state index contributed by atoms with van der Waals surface area (Å²) in [6.07, 6.45) is -9.29. The van der Waals surface area contributed by atoms with Gasteiger partial charge < -0.3 is 69.0 Å². The van der Waals surface area contributed by atoms with Gasteiger partial charge in [-0.15, -0.1) is 0 Å². The smallest absolute Gasteiger partial charge is 0.239 e. The molecule has 2 aliphatic rings. The maximum Gasteiger partial charge on any atom is 0.239 e. The van der Waals surface area contributed by atoms with E-state index >= 15 is 0 Å². The highest BCUT2D eigenvalue weighted by atomic mass is 16.7. The molecule has 8 N–H and O–H groups in total. The Morgan fingerprint density at radius 3 is 2.40 bits per heavy atom. The largest absolute Gasteiger partial charge is 0.508 e. The molecule has 0 unspecified atom stereocenters. The van der Waals surface area contributed by atoms with Crippen molar-refractivity contribution in [2.75, 3.05) is 20.3 Å². The molecule has 5 rings (SSSR count). The molecule has 0 saturated carbocycles. The highest BCUT2D eigenvalue weighted by Crippen LogP contribution is 2.40. The molecule has 1 aromatic heterocycles. The molecule has 0 radical (unpaired) electrons. The van der Waals surface area contributed by atoms with Gasteiger partial charge >= 0.3 is 0 Å². The van der Waals surface area contributed by atoms with Crippen molar-refractivity contribution in [3.05, 3.63) is 40.6 Å². The normalized spacial score (nSPS) is 31.4. The van der Waals surface area contributed by atoms with Gasteiger partial charge in [0.1, 0.15) is 52.5 Å². The first kappa shape index (κ1) is 29.8. The van der Waals surface area contributed by atoms with Crippen LogP contribution >= 0.6 is 0 Å². The molecule has 8 atom stereocenters. The van der Waals surface area contributed by atoms with Crippen LogP contribution in [0.2, 0.25) is 0 Å². The summed E-state index contributed by atoms with van der Waals surface area (Å²) in [5.41, 5.74) is -3.29. The summed E-state index contributed by atoms with van der Waals surface area (Å²) in [6, 6.07) is 5.43. The van der Waals surface area contributed by atoms with Gasteiger partial charge in [-0.3, -0.25) is 4.79 Å². The monoisotopic (exact) mass is 594 g/mol. The van der Waals surface area contributed by atoms with Crippen molar-refractivity contribution < 1.29 is 69.0 Å². The fourth-order valence-electron chi connectivity index (χ4n) is 4.87. The van der Waals surface area contributed by atoms with E-state index in [0.717, 1.165) is 24.3 Å². The molecule has 2 fully saturated rings. The van der Waals surface area contributed by atoms with E-state index in [9.17, 15) is 45.6 Å². The van der Waals surface area contributed by atoms with E-state index in [4.69, 9.17) is 28.1 Å². The lowest BCUT2D eigenvalue weighted by Crippen LogP contribution is -2.59. The minimum absolute atomic E-state index is 0.0284. The van der Waals surface area contributed by atoms with Gasteiger partial charge in [0.25, 0.3) is 0 Å². The number of hydrogen-bond acceptors (Lipinski definition) is 15. The van der Waals surface area contributed by atoms with Gasteiger partial charge in [0, 0.05) is 24.8 Å². The van der Waals surface area contributed by atoms with E-state index in [1.54, 1.807) is 0 Å². The van der Waals surface area contributed by atoms with Crippen LogP contribution < -0.4 is 10.2 Å². The highest BCUT2D eigenvalue weighted by Gasteiger charge is 2.52. The quantitative estimate of drug-likeness (QED) is 0.163. The Hall–Kier alpha value is -3.67. The molecule has 15 heteroatoms. The zero-order valence-electron chi connectivity index (χ0n) is 22.3. The summed E-state index contributed by atoms with van der Waals surface area (Å²) < 4.78 is 33.0. The standard InChI is InChI=1S/C27H30O15/c1-10-18(32)22(37-2)20(34)25(40-10)38-8-27(36)9-39-26(24(27)35)42-23-19(33)17-15(31)6-12(28)7-16(17)41-21(23)11-3-4-13(29)14(30)5-11/h3-7,10,18,20,22,24-26,28-32,34-36H,8-9H2,1-2H3/t10-,18-,20+,22+,24-,25+,26-,27+/m0/s1. The second kappa shape index (κ2) is 11.2. The molecule has 0 spiro atoms. The zero-order valence-corrected chi connectivity index (χ0v) is 22.3. The van der Waals surface area contributed by atoms with Gasteiger partial charge in [0.15, 0.2) is 23.5 Å². The van der Waals surface area contributed by atoms with E-state index in [0.29, 0.717) is 0 Å². The summed E-state index contributed by atoms with van der Waals surface area (Å²) >= 11 is 0. The fraction of sp³-hybridized carbons (Fsp3) is 0.444. The van der Waals surface area contributed by atoms with Crippen molar-refractivity contribution in [1.29, 1.82) is 0 Å². The van der Waals surface area contributed by atoms with Crippen LogP contribution in [0.15, 0.2) is 39.5 Å². The van der Waals surface area contributed by atoms with Crippen LogP contribution in [0.4, 0.5) is 0 Å². The second-order valence-electron chi connectivity index (χ2n) is 10.2. The lowest BCUT2D eigenvalue weighted by Gasteiger charge is -2.41. The molecule has 0 aliphatic carbocycles. The first-order chi connectivity index (χ1) is 19.8. The SMILES string of the molecule is CO[C@@H]1[C@@H](O)[C@H](C)O[C@@H](OC[C@@]2(O)CO[C@@H](Oc3c(-c4ccc(O)c(O)c4)oc4cc(O)cc(O)c4c3=O)[C@@H]2O)[C@@H]1O. The van der Waals surface area contributed by atoms with Gasteiger partial charge in [-0.25, -0.2) is 0 Å². The number of aliphatic hydroxyl groups excluding tert-OH is 3. The molecule has 2 aromatic carbocycles. The number of fused-ring (bicyclic) bond motifs is 1. The Balaban J connectivity index is 1.43. The third kappa shape index (κ3) is 5.21. The van der Waals surface area contributed by atoms with E-state index in [1.807, 2.05) is 0 Å². The predicted molar refractivity (Wildman–Crippen MR) is 139 cm³/mol. The Morgan fingerprint density at radius 2 is 1.71 bits per heavy atom. The zero-order chi connectivity index (χ0) is 30.5. The Labute approximate surface area is 236 Å². The summed E-state index contributed by atoms with van der Waals surface area (Å²) in [5.74, 6) is -3.00. The number of hydrogen-bond donors (Lipinski definition) is 8. The van der Waals surface area contributed by atoms with Crippen LogP contribution in [-0.4, -0.2) is 110 Å². The van der Waals surface area contributed by atoms with Crippen LogP contribution in [0.3, 0.4) is 0 Å². The molecular formula is C27H30O15. The first-order valence-corrected chi connectivity index (χ1v) is 12.7. The third-order valence-electron chi connectivity index (χ3n) is 7.25. The number of phenols is 4. The van der Waals surface area contributed by atoms with E-state index in [1.165, 1.54) is 20.1 Å². The Kier molecular flexibility index (Phi) is 7.95. The third-order valence-corrected chi connectivity index (χ3v) is 7.25. The van der Waals surface area contributed by atoms with Gasteiger partial charge in [-0.1, -0.05) is 0 Å². The van der Waals surface area contributed by atoms with Gasteiger partial charge in [0.2, 0.25) is 17.5 Å². The number of aromatic hydroxyl groups is 4. The summed E-state index contributed by atoms with van der Waals surface area (Å²) in [6.45, 7) is 0.339. The van der Waals surface area contributed by atoms with E-state index in [-0.39, 0.29) is 22.3 Å². The van der Waals surface area contributed by atoms with Crippen molar-refractivity contribution in [3.63, 3.8) is 0 Å². The second-order valence-corrected chi connectivity index (χ2v) is 10.2. The van der Waals surface area contributed by atoms with Crippen LogP contribution in [0.25, 0.3) is 22.3 Å². The predicted octanol–water partition coefficient (Wildman–Crippen LogP) is -0.392. The number of rotatable bonds is 7. The average Bonchev–Trinajstić information content (AvgIpc) is 3.21. The molecule has 2 aliphatic heterocycles. The minimum Gasteiger partial charge on any atom is -0.508 e. The van der Waals surface area contributed by atoms with E-state index < -0.39 is 96.1 Å². The number of benzene rings is 2. The lowest BCUT2D eigenvalue weighted by molar-refractivity contribution is -0.306. The summed E-state index contributed by atoms with van der Waals surface area (Å²) in [5, 5.41) is 82.3. The van der Waals surface area contributed by atoms with Crippen molar-refractivity contribution in [2.45, 2.75) is 55.6 Å². The Morgan fingerprint density at radius 1 is 0.976 bits per heavy atom. The number of ether oxygens (including phenoxy) is 5. The molecular weight excluding hydrogens is 564 g/mol. The van der Waals surface area contributed by atoms with Crippen LogP contribution in [0, 0.1) is 0 Å². The summed E-state index contributed by atoms with van der Waals surface area (Å²) in [7, 11) is 1.29. The van der Waals surface area contributed by atoms with Gasteiger partial charge in [-0.2, -0.15) is 0 Å². The summed E-state index contributed by atoms with van der Waals surface area (Å²) in [4.78, 5) is 13.5. The minimum atomic E-state index is -2.13. The van der Waals surface area contributed by atoms with Crippen molar-refractivity contribution >= 4 is 11.0 Å². The van der Waals surface area contributed by atoms with Gasteiger partial charge in [0.05, 0.1) is 19.3 Å². The highest BCUT2D eigenvalue weighted by molar-refractivity contribution is 5.88. The first-order valence-electron chi connectivity index (χ1n) is 12.7. The lowest BCUT2D eigenvalue weighted by atomic mass is 9.99. The van der Waals surface area contributed by atoms with Crippen LogP contribution in [0.5, 0.6) is 28.7 Å². The fourth-order valence-corrected chi connectivity index (χ4v) is 4.87. The van der Waals surface area contributed by atoms with E-state index in [2.05, 4.69) is 0 Å². The molecule has 42 heavy (non-hydrogen) atoms. The molecule has 15 nitrogen and oxygen atoms in total. The van der Waals surface area contributed by atoms with Crippen molar-refractivity contribution in [1.82, 2.24) is 0 Å². The average molecular weight is 595 g/mol. The maximum absolute atomic E-state index is 13.5. The maximum atomic E-state index is 13.5. The van der Waals surface area contributed by atoms with Crippen LogP contribution in [0.1, 0.15) is 6.92 Å². The molecule has 3 aromatic rings. The number of aliphatic hydroxyl groups is 4. The number of phenolic OH excluding ortho intramolecular Hbond substituents is 4. The molecule has 228 valence electrons. The molecule has 2 saturated heterocycles. The van der Waals surface area contributed by atoms with Crippen molar-refractivity contribution in [3.8, 4) is 40.1 Å². The Bertz CT molecular complexity index is 1520. The number of methoxy groups -OCH3 is 1. The molecule has 0 amide bonds. The van der Waals surface area contributed by atoms with Gasteiger partial charge in [-0.05, 0) is 25.1 Å². The van der Waals surface area contributed by atoms with Crippen molar-refractivity contribution in [2.24, 2.45) is 0 Å². The topological polar surface area (TPSA) is 238 Å².